The zero-order valence-corrected chi connectivity index (χ0v) is 20.7. The first kappa shape index (κ1) is 24.9. The highest BCUT2D eigenvalue weighted by molar-refractivity contribution is 6.46. The van der Waals surface area contributed by atoms with Crippen LogP contribution in [-0.2, 0) is 14.3 Å². The smallest absolute Gasteiger partial charge is 0.295 e. The van der Waals surface area contributed by atoms with Gasteiger partial charge >= 0.3 is 0 Å². The van der Waals surface area contributed by atoms with E-state index in [1.807, 2.05) is 24.3 Å². The van der Waals surface area contributed by atoms with Crippen LogP contribution in [0.5, 0.6) is 5.75 Å². The standard InChI is InChI=1S/C28H34N2O5/c1-19(2)20-5-7-21(8-6-20)25-24(26(31)22-9-11-23(34-3)12-10-22)27(32)28(33)30(25)14-4-13-29-15-17-35-18-16-29/h5-12,19,25,31H,4,13-18H2,1-3H3/t25-/m0/s1. The fraction of sp³-hybridized carbons (Fsp3) is 0.429. The lowest BCUT2D eigenvalue weighted by Gasteiger charge is -2.29. The SMILES string of the molecule is COc1ccc(C(O)=C2C(=O)C(=O)N(CCCN3CCOCC3)[C@H]2c2ccc(C(C)C)cc2)cc1. The number of hydrogen-bond acceptors (Lipinski definition) is 6. The molecule has 2 aliphatic heterocycles. The minimum atomic E-state index is -0.650. The maximum absolute atomic E-state index is 13.2. The predicted molar refractivity (Wildman–Crippen MR) is 134 cm³/mol. The van der Waals surface area contributed by atoms with Gasteiger partial charge in [0.05, 0.1) is 31.9 Å². The van der Waals surface area contributed by atoms with E-state index in [1.54, 1.807) is 36.3 Å². The third-order valence-corrected chi connectivity index (χ3v) is 6.80. The molecule has 1 amide bonds. The molecule has 186 valence electrons. The Morgan fingerprint density at radius 2 is 1.69 bits per heavy atom. The summed E-state index contributed by atoms with van der Waals surface area (Å²) in [4.78, 5) is 30.3. The van der Waals surface area contributed by atoms with Gasteiger partial charge in [-0.05, 0) is 47.7 Å². The molecule has 0 aromatic heterocycles. The summed E-state index contributed by atoms with van der Waals surface area (Å²) >= 11 is 0. The molecule has 0 radical (unpaired) electrons. The van der Waals surface area contributed by atoms with Gasteiger partial charge in [0, 0.05) is 31.7 Å². The molecule has 35 heavy (non-hydrogen) atoms. The van der Waals surface area contributed by atoms with E-state index in [2.05, 4.69) is 18.7 Å². The van der Waals surface area contributed by atoms with E-state index in [9.17, 15) is 14.7 Å². The average molecular weight is 479 g/mol. The van der Waals surface area contributed by atoms with Gasteiger partial charge in [0.2, 0.25) is 0 Å². The van der Waals surface area contributed by atoms with Crippen LogP contribution < -0.4 is 4.74 Å². The third kappa shape index (κ3) is 5.41. The summed E-state index contributed by atoms with van der Waals surface area (Å²) in [5.41, 5.74) is 2.59. The Bertz CT molecular complexity index is 1070. The Balaban J connectivity index is 1.67. The zero-order valence-electron chi connectivity index (χ0n) is 20.7. The summed E-state index contributed by atoms with van der Waals surface area (Å²) in [6.07, 6.45) is 0.732. The minimum absolute atomic E-state index is 0.129. The second-order valence-corrected chi connectivity index (χ2v) is 9.35. The van der Waals surface area contributed by atoms with Crippen LogP contribution in [0.15, 0.2) is 54.1 Å². The first-order valence-corrected chi connectivity index (χ1v) is 12.2. The number of likely N-dealkylation sites (tertiary alicyclic amines) is 1. The molecule has 2 heterocycles. The van der Waals surface area contributed by atoms with Crippen molar-refractivity contribution in [3.05, 3.63) is 70.8 Å². The summed E-state index contributed by atoms with van der Waals surface area (Å²) in [5, 5.41) is 11.2. The number of aliphatic hydroxyl groups is 1. The molecule has 7 nitrogen and oxygen atoms in total. The van der Waals surface area contributed by atoms with Crippen molar-refractivity contribution >= 4 is 17.4 Å². The van der Waals surface area contributed by atoms with Crippen molar-refractivity contribution in [3.63, 3.8) is 0 Å². The fourth-order valence-corrected chi connectivity index (χ4v) is 4.71. The largest absolute Gasteiger partial charge is 0.507 e. The number of aliphatic hydroxyl groups excluding tert-OH is 1. The zero-order chi connectivity index (χ0) is 24.9. The van der Waals surface area contributed by atoms with E-state index in [0.717, 1.165) is 31.6 Å². The first-order valence-electron chi connectivity index (χ1n) is 12.2. The number of Topliss-reactive ketones (excluding diaryl/α,β-unsaturated/α-hetero) is 1. The van der Waals surface area contributed by atoms with E-state index < -0.39 is 17.7 Å². The van der Waals surface area contributed by atoms with Crippen molar-refractivity contribution in [2.45, 2.75) is 32.2 Å². The number of benzene rings is 2. The first-order chi connectivity index (χ1) is 16.9. The molecule has 0 saturated carbocycles. The second kappa shape index (κ2) is 11.1. The van der Waals surface area contributed by atoms with Crippen LogP contribution in [-0.4, -0.2) is 73.1 Å². The van der Waals surface area contributed by atoms with E-state index in [4.69, 9.17) is 9.47 Å². The number of hydrogen-bond donors (Lipinski definition) is 1. The lowest BCUT2D eigenvalue weighted by Crippen LogP contribution is -2.38. The van der Waals surface area contributed by atoms with Crippen LogP contribution in [0, 0.1) is 0 Å². The maximum Gasteiger partial charge on any atom is 0.295 e. The summed E-state index contributed by atoms with van der Waals surface area (Å²) < 4.78 is 10.6. The highest BCUT2D eigenvalue weighted by Crippen LogP contribution is 2.40. The summed E-state index contributed by atoms with van der Waals surface area (Å²) in [6.45, 7) is 8.67. The van der Waals surface area contributed by atoms with Crippen molar-refractivity contribution in [1.82, 2.24) is 9.80 Å². The number of rotatable bonds is 8. The predicted octanol–water partition coefficient (Wildman–Crippen LogP) is 3.96. The third-order valence-electron chi connectivity index (χ3n) is 6.80. The van der Waals surface area contributed by atoms with Gasteiger partial charge in [0.25, 0.3) is 11.7 Å². The van der Waals surface area contributed by atoms with E-state index in [-0.39, 0.29) is 11.3 Å². The van der Waals surface area contributed by atoms with Crippen molar-refractivity contribution in [2.75, 3.05) is 46.5 Å². The Hall–Kier alpha value is -3.16. The molecule has 0 unspecified atom stereocenters. The van der Waals surface area contributed by atoms with E-state index >= 15 is 0 Å². The number of ether oxygens (including phenoxy) is 2. The molecule has 2 aliphatic rings. The van der Waals surface area contributed by atoms with Gasteiger partial charge in [-0.3, -0.25) is 14.5 Å². The second-order valence-electron chi connectivity index (χ2n) is 9.35. The molecule has 4 rings (SSSR count). The Morgan fingerprint density at radius 3 is 2.29 bits per heavy atom. The Labute approximate surface area is 206 Å². The van der Waals surface area contributed by atoms with Gasteiger partial charge in [-0.25, -0.2) is 0 Å². The number of methoxy groups -OCH3 is 1. The number of nitrogens with zero attached hydrogens (tertiary/aromatic N) is 2. The molecular formula is C28H34N2O5. The van der Waals surface area contributed by atoms with Crippen LogP contribution in [0.3, 0.4) is 0 Å². The molecule has 1 N–H and O–H groups in total. The molecule has 0 aliphatic carbocycles. The van der Waals surface area contributed by atoms with E-state index in [0.29, 0.717) is 37.0 Å². The topological polar surface area (TPSA) is 79.3 Å². The van der Waals surface area contributed by atoms with E-state index in [1.165, 1.54) is 5.56 Å². The summed E-state index contributed by atoms with van der Waals surface area (Å²) in [6, 6.07) is 14.2. The lowest BCUT2D eigenvalue weighted by atomic mass is 9.93. The number of carbonyl (C=O) groups is 2. The fourth-order valence-electron chi connectivity index (χ4n) is 4.71. The summed E-state index contributed by atoms with van der Waals surface area (Å²) in [5.74, 6) is -0.378. The highest BCUT2D eigenvalue weighted by atomic mass is 16.5. The molecular weight excluding hydrogens is 444 g/mol. The molecule has 7 heteroatoms. The number of carbonyl (C=O) groups excluding carboxylic acids is 2. The minimum Gasteiger partial charge on any atom is -0.507 e. The molecule has 1 atom stereocenters. The average Bonchev–Trinajstić information content (AvgIpc) is 3.14. The highest BCUT2D eigenvalue weighted by Gasteiger charge is 2.45. The number of amides is 1. The van der Waals surface area contributed by atoms with Crippen LogP contribution in [0.2, 0.25) is 0 Å². The lowest BCUT2D eigenvalue weighted by molar-refractivity contribution is -0.140. The van der Waals surface area contributed by atoms with Crippen molar-refractivity contribution in [1.29, 1.82) is 0 Å². The van der Waals surface area contributed by atoms with Crippen LogP contribution in [0.1, 0.15) is 48.9 Å². The van der Waals surface area contributed by atoms with Gasteiger partial charge in [-0.2, -0.15) is 0 Å². The van der Waals surface area contributed by atoms with Crippen molar-refractivity contribution < 1.29 is 24.2 Å². The van der Waals surface area contributed by atoms with Crippen LogP contribution in [0.4, 0.5) is 0 Å². The van der Waals surface area contributed by atoms with Gasteiger partial charge in [0.15, 0.2) is 0 Å². The summed E-state index contributed by atoms with van der Waals surface area (Å²) in [7, 11) is 1.57. The molecule has 0 bridgehead atoms. The van der Waals surface area contributed by atoms with Gasteiger partial charge in [0.1, 0.15) is 11.5 Å². The Kier molecular flexibility index (Phi) is 7.88. The normalized spacial score (nSPS) is 20.6. The molecule has 2 aromatic rings. The molecule has 2 fully saturated rings. The van der Waals surface area contributed by atoms with Gasteiger partial charge in [-0.15, -0.1) is 0 Å². The quantitative estimate of drug-likeness (QED) is 0.352. The van der Waals surface area contributed by atoms with Crippen molar-refractivity contribution in [3.8, 4) is 5.75 Å². The van der Waals surface area contributed by atoms with Crippen LogP contribution in [0.25, 0.3) is 5.76 Å². The Morgan fingerprint density at radius 1 is 1.03 bits per heavy atom. The van der Waals surface area contributed by atoms with Crippen LogP contribution >= 0.6 is 0 Å². The van der Waals surface area contributed by atoms with Crippen molar-refractivity contribution in [2.24, 2.45) is 0 Å². The maximum atomic E-state index is 13.2. The number of ketones is 1. The molecule has 2 aromatic carbocycles. The molecule has 0 spiro atoms. The monoisotopic (exact) mass is 478 g/mol. The van der Waals surface area contributed by atoms with Gasteiger partial charge in [-0.1, -0.05) is 38.1 Å². The number of morpholine rings is 1. The van der Waals surface area contributed by atoms with Gasteiger partial charge < -0.3 is 19.5 Å². The molecule has 2 saturated heterocycles.